The number of benzene rings is 2. The Kier molecular flexibility index (Phi) is 4.04. The SMILES string of the molecule is COC(=O)c1ccc(Br)cc1-c1ccccc1Cl. The largest absolute Gasteiger partial charge is 0.465 e. The fourth-order valence-corrected chi connectivity index (χ4v) is 2.31. The van der Waals surface area contributed by atoms with Crippen LogP contribution in [0.1, 0.15) is 10.4 Å². The average Bonchev–Trinajstić information content (AvgIpc) is 2.38. The molecular formula is C14H10BrClO2. The highest BCUT2D eigenvalue weighted by Gasteiger charge is 2.15. The Morgan fingerprint density at radius 2 is 1.89 bits per heavy atom. The lowest BCUT2D eigenvalue weighted by molar-refractivity contribution is 0.0601. The molecule has 0 N–H and O–H groups in total. The van der Waals surface area contributed by atoms with E-state index in [1.54, 1.807) is 18.2 Å². The summed E-state index contributed by atoms with van der Waals surface area (Å²) in [7, 11) is 1.36. The summed E-state index contributed by atoms with van der Waals surface area (Å²) in [5.41, 5.74) is 2.05. The number of methoxy groups -OCH3 is 1. The lowest BCUT2D eigenvalue weighted by atomic mass is 10.00. The first-order valence-corrected chi connectivity index (χ1v) is 6.43. The Morgan fingerprint density at radius 3 is 2.56 bits per heavy atom. The van der Waals surface area contributed by atoms with Crippen LogP contribution in [-0.2, 0) is 4.74 Å². The second-order valence-electron chi connectivity index (χ2n) is 3.66. The zero-order valence-electron chi connectivity index (χ0n) is 9.61. The molecule has 0 fully saturated rings. The van der Waals surface area contributed by atoms with Crippen molar-refractivity contribution < 1.29 is 9.53 Å². The zero-order chi connectivity index (χ0) is 13.1. The second-order valence-corrected chi connectivity index (χ2v) is 4.98. The summed E-state index contributed by atoms with van der Waals surface area (Å²) in [5.74, 6) is -0.377. The highest BCUT2D eigenvalue weighted by Crippen LogP contribution is 2.32. The van der Waals surface area contributed by atoms with Crippen molar-refractivity contribution in [2.75, 3.05) is 7.11 Å². The van der Waals surface area contributed by atoms with Gasteiger partial charge in [0.25, 0.3) is 0 Å². The van der Waals surface area contributed by atoms with Crippen molar-refractivity contribution in [3.05, 3.63) is 57.5 Å². The van der Waals surface area contributed by atoms with Gasteiger partial charge in [-0.15, -0.1) is 0 Å². The summed E-state index contributed by atoms with van der Waals surface area (Å²) in [4.78, 5) is 11.7. The van der Waals surface area contributed by atoms with Crippen LogP contribution >= 0.6 is 27.5 Å². The third-order valence-electron chi connectivity index (χ3n) is 2.55. The molecule has 0 saturated heterocycles. The van der Waals surface area contributed by atoms with E-state index in [2.05, 4.69) is 15.9 Å². The number of rotatable bonds is 2. The molecule has 4 heteroatoms. The Morgan fingerprint density at radius 1 is 1.17 bits per heavy atom. The van der Waals surface area contributed by atoms with Crippen LogP contribution < -0.4 is 0 Å². The first kappa shape index (κ1) is 13.1. The maximum atomic E-state index is 11.7. The fraction of sp³-hybridized carbons (Fsp3) is 0.0714. The van der Waals surface area contributed by atoms with E-state index in [1.165, 1.54) is 7.11 Å². The van der Waals surface area contributed by atoms with Gasteiger partial charge in [0, 0.05) is 15.1 Å². The van der Waals surface area contributed by atoms with Crippen LogP contribution in [0.15, 0.2) is 46.9 Å². The van der Waals surface area contributed by atoms with Crippen LogP contribution in [0.25, 0.3) is 11.1 Å². The molecule has 0 aliphatic heterocycles. The quantitative estimate of drug-likeness (QED) is 0.757. The molecule has 2 rings (SSSR count). The van der Waals surface area contributed by atoms with Crippen LogP contribution in [0.2, 0.25) is 5.02 Å². The molecule has 18 heavy (non-hydrogen) atoms. The van der Waals surface area contributed by atoms with Crippen LogP contribution in [0.5, 0.6) is 0 Å². The third kappa shape index (κ3) is 2.57. The highest BCUT2D eigenvalue weighted by molar-refractivity contribution is 9.10. The van der Waals surface area contributed by atoms with Crippen molar-refractivity contribution in [1.29, 1.82) is 0 Å². The molecule has 2 aromatic rings. The summed E-state index contributed by atoms with van der Waals surface area (Å²) in [6.45, 7) is 0. The standard InChI is InChI=1S/C14H10BrClO2/c1-18-14(17)11-7-6-9(15)8-12(11)10-4-2-3-5-13(10)16/h2-8H,1H3. The van der Waals surface area contributed by atoms with Gasteiger partial charge >= 0.3 is 5.97 Å². The molecule has 92 valence electrons. The Bertz CT molecular complexity index is 596. The summed E-state index contributed by atoms with van der Waals surface area (Å²) in [6.07, 6.45) is 0. The molecule has 2 aromatic carbocycles. The molecular weight excluding hydrogens is 316 g/mol. The van der Waals surface area contributed by atoms with Crippen LogP contribution in [-0.4, -0.2) is 13.1 Å². The molecule has 0 aliphatic rings. The first-order valence-electron chi connectivity index (χ1n) is 5.26. The number of carbonyl (C=O) groups is 1. The van der Waals surface area contributed by atoms with Gasteiger partial charge in [-0.1, -0.05) is 45.7 Å². The maximum Gasteiger partial charge on any atom is 0.338 e. The normalized spacial score (nSPS) is 10.2. The molecule has 0 radical (unpaired) electrons. The third-order valence-corrected chi connectivity index (χ3v) is 3.37. The van der Waals surface area contributed by atoms with Crippen LogP contribution in [0.3, 0.4) is 0 Å². The molecule has 0 heterocycles. The second kappa shape index (κ2) is 5.55. The Hall–Kier alpha value is -1.32. The van der Waals surface area contributed by atoms with E-state index in [9.17, 15) is 4.79 Å². The van der Waals surface area contributed by atoms with E-state index in [0.717, 1.165) is 15.6 Å². The van der Waals surface area contributed by atoms with E-state index >= 15 is 0 Å². The van der Waals surface area contributed by atoms with Crippen molar-refractivity contribution >= 4 is 33.5 Å². The lowest BCUT2D eigenvalue weighted by Crippen LogP contribution is -2.03. The van der Waals surface area contributed by atoms with Crippen molar-refractivity contribution in [2.24, 2.45) is 0 Å². The number of esters is 1. The summed E-state index contributed by atoms with van der Waals surface area (Å²) in [5, 5.41) is 0.598. The molecule has 0 atom stereocenters. The van der Waals surface area contributed by atoms with Crippen molar-refractivity contribution in [1.82, 2.24) is 0 Å². The summed E-state index contributed by atoms with van der Waals surface area (Å²) in [6, 6.07) is 12.8. The van der Waals surface area contributed by atoms with Gasteiger partial charge in [0.1, 0.15) is 0 Å². The molecule has 0 aliphatic carbocycles. The van der Waals surface area contributed by atoms with Gasteiger partial charge in [0.2, 0.25) is 0 Å². The van der Waals surface area contributed by atoms with E-state index in [1.807, 2.05) is 24.3 Å². The zero-order valence-corrected chi connectivity index (χ0v) is 12.0. The summed E-state index contributed by atoms with van der Waals surface area (Å²) < 4.78 is 5.66. The smallest absolute Gasteiger partial charge is 0.338 e. The number of hydrogen-bond acceptors (Lipinski definition) is 2. The van der Waals surface area contributed by atoms with Gasteiger partial charge in [-0.05, 0) is 29.8 Å². The number of ether oxygens (including phenoxy) is 1. The number of carbonyl (C=O) groups excluding carboxylic acids is 1. The van der Waals surface area contributed by atoms with Crippen LogP contribution in [0.4, 0.5) is 0 Å². The van der Waals surface area contributed by atoms with Gasteiger partial charge in [-0.2, -0.15) is 0 Å². The molecule has 2 nitrogen and oxygen atoms in total. The molecule has 0 amide bonds. The van der Waals surface area contributed by atoms with Gasteiger partial charge in [0.15, 0.2) is 0 Å². The number of halogens is 2. The monoisotopic (exact) mass is 324 g/mol. The molecule has 0 spiro atoms. The van der Waals surface area contributed by atoms with E-state index in [-0.39, 0.29) is 5.97 Å². The fourth-order valence-electron chi connectivity index (χ4n) is 1.71. The summed E-state index contributed by atoms with van der Waals surface area (Å²) >= 11 is 9.56. The molecule has 0 bridgehead atoms. The average molecular weight is 326 g/mol. The van der Waals surface area contributed by atoms with E-state index in [4.69, 9.17) is 16.3 Å². The van der Waals surface area contributed by atoms with Crippen molar-refractivity contribution in [2.45, 2.75) is 0 Å². The minimum absolute atomic E-state index is 0.377. The highest BCUT2D eigenvalue weighted by atomic mass is 79.9. The first-order chi connectivity index (χ1) is 8.63. The topological polar surface area (TPSA) is 26.3 Å². The maximum absolute atomic E-state index is 11.7. The molecule has 0 unspecified atom stereocenters. The minimum Gasteiger partial charge on any atom is -0.465 e. The van der Waals surface area contributed by atoms with Gasteiger partial charge in [-0.25, -0.2) is 4.79 Å². The Labute approximate surface area is 119 Å². The lowest BCUT2D eigenvalue weighted by Gasteiger charge is -2.10. The minimum atomic E-state index is -0.377. The predicted octanol–water partition coefficient (Wildman–Crippen LogP) is 4.56. The molecule has 0 saturated carbocycles. The van der Waals surface area contributed by atoms with E-state index in [0.29, 0.717) is 10.6 Å². The predicted molar refractivity (Wildman–Crippen MR) is 75.9 cm³/mol. The van der Waals surface area contributed by atoms with E-state index < -0.39 is 0 Å². The van der Waals surface area contributed by atoms with Crippen molar-refractivity contribution in [3.8, 4) is 11.1 Å². The van der Waals surface area contributed by atoms with Gasteiger partial charge < -0.3 is 4.74 Å². The molecule has 0 aromatic heterocycles. The van der Waals surface area contributed by atoms with Gasteiger partial charge in [0.05, 0.1) is 12.7 Å². The van der Waals surface area contributed by atoms with Crippen LogP contribution in [0, 0.1) is 0 Å². The van der Waals surface area contributed by atoms with Gasteiger partial charge in [-0.3, -0.25) is 0 Å². The van der Waals surface area contributed by atoms with Crippen molar-refractivity contribution in [3.63, 3.8) is 0 Å². The Balaban J connectivity index is 2.66. The number of hydrogen-bond donors (Lipinski definition) is 0.